The molecule has 102 valence electrons. The average molecular weight is 278 g/mol. The molecule has 0 radical (unpaired) electrons. The van der Waals surface area contributed by atoms with E-state index in [4.69, 9.17) is 5.73 Å². The zero-order chi connectivity index (χ0) is 13.9. The normalized spacial score (nSPS) is 17.7. The Hall–Kier alpha value is -1.51. The van der Waals surface area contributed by atoms with E-state index in [0.717, 1.165) is 29.7 Å². The van der Waals surface area contributed by atoms with Gasteiger partial charge in [-0.2, -0.15) is 0 Å². The largest absolute Gasteiger partial charge is 0.320 e. The van der Waals surface area contributed by atoms with Crippen LogP contribution in [0.3, 0.4) is 0 Å². The first-order valence-corrected chi connectivity index (χ1v) is 7.95. The number of hydrogen-bond donors (Lipinski definition) is 1. The van der Waals surface area contributed by atoms with Crippen LogP contribution in [0.4, 0.5) is 5.69 Å². The standard InChI is InChI=1S/C14H18N2O2S/c1-12-6-7-13(5-4-8-15)11-14(12)16-9-2-3-10-19(16,17)18/h6-7,11H,2-3,8-10,15H2,1H3. The number of nitrogens with zero attached hydrogens (tertiary/aromatic N) is 1. The maximum atomic E-state index is 12.1. The molecular formula is C14H18N2O2S. The SMILES string of the molecule is Cc1ccc(C#CCN)cc1N1CCCCS1(=O)=O. The minimum Gasteiger partial charge on any atom is -0.320 e. The number of sulfonamides is 1. The fourth-order valence-electron chi connectivity index (χ4n) is 2.17. The van der Waals surface area contributed by atoms with E-state index in [1.807, 2.05) is 25.1 Å². The quantitative estimate of drug-likeness (QED) is 0.786. The number of rotatable bonds is 1. The molecule has 4 nitrogen and oxygen atoms in total. The number of anilines is 1. The molecule has 2 N–H and O–H groups in total. The molecule has 1 saturated heterocycles. The van der Waals surface area contributed by atoms with E-state index in [-0.39, 0.29) is 5.75 Å². The van der Waals surface area contributed by atoms with Crippen LogP contribution in [-0.2, 0) is 10.0 Å². The zero-order valence-electron chi connectivity index (χ0n) is 11.0. The molecule has 1 heterocycles. The Balaban J connectivity index is 2.43. The van der Waals surface area contributed by atoms with Crippen molar-refractivity contribution in [3.05, 3.63) is 29.3 Å². The molecule has 1 aliphatic heterocycles. The third-order valence-electron chi connectivity index (χ3n) is 3.16. The fraction of sp³-hybridized carbons (Fsp3) is 0.429. The van der Waals surface area contributed by atoms with Crippen molar-refractivity contribution in [1.82, 2.24) is 0 Å². The minimum absolute atomic E-state index is 0.227. The molecule has 0 aromatic heterocycles. The van der Waals surface area contributed by atoms with E-state index in [9.17, 15) is 8.42 Å². The van der Waals surface area contributed by atoms with Gasteiger partial charge in [0.05, 0.1) is 18.0 Å². The summed E-state index contributed by atoms with van der Waals surface area (Å²) in [6, 6.07) is 5.62. The highest BCUT2D eigenvalue weighted by Gasteiger charge is 2.27. The van der Waals surface area contributed by atoms with Crippen molar-refractivity contribution in [2.75, 3.05) is 23.1 Å². The number of benzene rings is 1. The highest BCUT2D eigenvalue weighted by atomic mass is 32.2. The summed E-state index contributed by atoms with van der Waals surface area (Å²) in [5, 5.41) is 0. The fourth-order valence-corrected chi connectivity index (χ4v) is 3.86. The molecule has 5 heteroatoms. The third kappa shape index (κ3) is 3.09. The van der Waals surface area contributed by atoms with Crippen LogP contribution < -0.4 is 10.0 Å². The van der Waals surface area contributed by atoms with Crippen molar-refractivity contribution in [2.45, 2.75) is 19.8 Å². The van der Waals surface area contributed by atoms with Crippen molar-refractivity contribution in [3.8, 4) is 11.8 Å². The number of nitrogens with two attached hydrogens (primary N) is 1. The summed E-state index contributed by atoms with van der Waals surface area (Å²) in [4.78, 5) is 0. The molecule has 2 rings (SSSR count). The van der Waals surface area contributed by atoms with Gasteiger partial charge in [-0.25, -0.2) is 8.42 Å². The van der Waals surface area contributed by atoms with Gasteiger partial charge in [0.1, 0.15) is 0 Å². The highest BCUT2D eigenvalue weighted by molar-refractivity contribution is 7.92. The van der Waals surface area contributed by atoms with Crippen LogP contribution in [-0.4, -0.2) is 27.3 Å². The zero-order valence-corrected chi connectivity index (χ0v) is 11.8. The Kier molecular flexibility index (Phi) is 4.13. The minimum atomic E-state index is -3.18. The first kappa shape index (κ1) is 13.9. The lowest BCUT2D eigenvalue weighted by atomic mass is 10.1. The number of hydrogen-bond acceptors (Lipinski definition) is 3. The van der Waals surface area contributed by atoms with Crippen LogP contribution in [0.1, 0.15) is 24.0 Å². The molecule has 0 unspecified atom stereocenters. The van der Waals surface area contributed by atoms with Gasteiger partial charge in [-0.05, 0) is 37.5 Å². The van der Waals surface area contributed by atoms with Gasteiger partial charge in [-0.3, -0.25) is 4.31 Å². The maximum absolute atomic E-state index is 12.1. The molecule has 0 amide bonds. The van der Waals surface area contributed by atoms with Crippen molar-refractivity contribution in [2.24, 2.45) is 5.73 Å². The van der Waals surface area contributed by atoms with Crippen molar-refractivity contribution in [3.63, 3.8) is 0 Å². The summed E-state index contributed by atoms with van der Waals surface area (Å²) in [5.74, 6) is 5.95. The summed E-state index contributed by atoms with van der Waals surface area (Å²) in [7, 11) is -3.18. The molecule has 1 aromatic carbocycles. The molecule has 19 heavy (non-hydrogen) atoms. The van der Waals surface area contributed by atoms with Gasteiger partial charge in [0.15, 0.2) is 0 Å². The third-order valence-corrected chi connectivity index (χ3v) is 5.02. The van der Waals surface area contributed by atoms with Crippen LogP contribution in [0.15, 0.2) is 18.2 Å². The summed E-state index contributed by atoms with van der Waals surface area (Å²) in [6.45, 7) is 2.77. The topological polar surface area (TPSA) is 63.4 Å². The van der Waals surface area contributed by atoms with Gasteiger partial charge in [-0.15, -0.1) is 0 Å². The lowest BCUT2D eigenvalue weighted by Gasteiger charge is -2.29. The molecule has 1 aliphatic rings. The van der Waals surface area contributed by atoms with Gasteiger partial charge < -0.3 is 5.73 Å². The van der Waals surface area contributed by atoms with E-state index in [1.54, 1.807) is 0 Å². The predicted molar refractivity (Wildman–Crippen MR) is 77.5 cm³/mol. The summed E-state index contributed by atoms with van der Waals surface area (Å²) in [5.41, 5.74) is 7.84. The van der Waals surface area contributed by atoms with E-state index in [1.165, 1.54) is 4.31 Å². The molecule has 0 atom stereocenters. The van der Waals surface area contributed by atoms with Crippen LogP contribution in [0, 0.1) is 18.8 Å². The molecule has 0 bridgehead atoms. The Morgan fingerprint density at radius 2 is 2.16 bits per heavy atom. The van der Waals surface area contributed by atoms with Crippen molar-refractivity contribution in [1.29, 1.82) is 0 Å². The molecule has 0 saturated carbocycles. The molecule has 0 aliphatic carbocycles. The van der Waals surface area contributed by atoms with Gasteiger partial charge in [0.25, 0.3) is 0 Å². The Bertz CT molecular complexity index is 627. The van der Waals surface area contributed by atoms with Crippen molar-refractivity contribution >= 4 is 15.7 Å². The Morgan fingerprint density at radius 3 is 2.84 bits per heavy atom. The maximum Gasteiger partial charge on any atom is 0.235 e. The second-order valence-electron chi connectivity index (χ2n) is 4.60. The van der Waals surface area contributed by atoms with Gasteiger partial charge in [-0.1, -0.05) is 17.9 Å². The van der Waals surface area contributed by atoms with Gasteiger partial charge >= 0.3 is 0 Å². The second-order valence-corrected chi connectivity index (χ2v) is 6.62. The first-order chi connectivity index (χ1) is 9.04. The monoisotopic (exact) mass is 278 g/mol. The lowest BCUT2D eigenvalue weighted by Crippen LogP contribution is -2.38. The van der Waals surface area contributed by atoms with E-state index >= 15 is 0 Å². The molecule has 0 spiro atoms. The second kappa shape index (κ2) is 5.64. The van der Waals surface area contributed by atoms with E-state index < -0.39 is 10.0 Å². The molecule has 1 fully saturated rings. The molecular weight excluding hydrogens is 260 g/mol. The van der Waals surface area contributed by atoms with Crippen LogP contribution in [0.25, 0.3) is 0 Å². The van der Waals surface area contributed by atoms with Crippen LogP contribution in [0.5, 0.6) is 0 Å². The van der Waals surface area contributed by atoms with Gasteiger partial charge in [0.2, 0.25) is 10.0 Å². The van der Waals surface area contributed by atoms with Crippen LogP contribution in [0.2, 0.25) is 0 Å². The van der Waals surface area contributed by atoms with Gasteiger partial charge in [0, 0.05) is 12.1 Å². The Labute approximate surface area is 114 Å². The summed E-state index contributed by atoms with van der Waals surface area (Å²) in [6.07, 6.45) is 1.64. The van der Waals surface area contributed by atoms with E-state index in [2.05, 4.69) is 11.8 Å². The Morgan fingerprint density at radius 1 is 1.37 bits per heavy atom. The smallest absolute Gasteiger partial charge is 0.235 e. The molecule has 1 aromatic rings. The summed E-state index contributed by atoms with van der Waals surface area (Å²) < 4.78 is 25.8. The lowest BCUT2D eigenvalue weighted by molar-refractivity contribution is 0.574. The highest BCUT2D eigenvalue weighted by Crippen LogP contribution is 2.27. The van der Waals surface area contributed by atoms with Crippen LogP contribution >= 0.6 is 0 Å². The summed E-state index contributed by atoms with van der Waals surface area (Å²) >= 11 is 0. The van der Waals surface area contributed by atoms with Crippen molar-refractivity contribution < 1.29 is 8.42 Å². The average Bonchev–Trinajstić information content (AvgIpc) is 2.38. The van der Waals surface area contributed by atoms with E-state index in [0.29, 0.717) is 13.1 Å². The first-order valence-electron chi connectivity index (χ1n) is 6.34. The predicted octanol–water partition coefficient (Wildman–Crippen LogP) is 1.24. The number of aryl methyl sites for hydroxylation is 1.